The summed E-state index contributed by atoms with van der Waals surface area (Å²) in [6.45, 7) is 1.99. The SMILES string of the molecule is O=c1c(CN2CCc3nc(-c4cncnc4)ncc3C2)coc2c(Br)cc(Br)cc12. The summed E-state index contributed by atoms with van der Waals surface area (Å²) in [6, 6.07) is 3.66. The van der Waals surface area contributed by atoms with Crippen molar-refractivity contribution in [2.45, 2.75) is 19.5 Å². The summed E-state index contributed by atoms with van der Waals surface area (Å²) in [6.07, 6.45) is 9.11. The van der Waals surface area contributed by atoms with Gasteiger partial charge in [-0.05, 0) is 28.1 Å². The molecule has 0 atom stereocenters. The smallest absolute Gasteiger partial charge is 0.197 e. The minimum Gasteiger partial charge on any atom is -0.463 e. The Bertz CT molecular complexity index is 1310. The minimum absolute atomic E-state index is 0.0141. The molecule has 0 spiro atoms. The van der Waals surface area contributed by atoms with E-state index in [1.807, 2.05) is 12.3 Å². The van der Waals surface area contributed by atoms with E-state index >= 15 is 0 Å². The Labute approximate surface area is 188 Å². The first-order valence-corrected chi connectivity index (χ1v) is 10.9. The lowest BCUT2D eigenvalue weighted by atomic mass is 10.1. The second-order valence-electron chi connectivity index (χ2n) is 7.11. The standard InChI is InChI=1S/C21H15Br2N5O2/c22-15-3-16-19(29)14(10-30-20(16)17(23)4-15)9-28-2-1-18-13(8-28)7-26-21(27-18)12-5-24-11-25-6-12/h3-7,10-11H,1-2,8-9H2. The molecule has 4 aromatic rings. The average molecular weight is 529 g/mol. The van der Waals surface area contributed by atoms with Gasteiger partial charge in [-0.3, -0.25) is 9.69 Å². The highest BCUT2D eigenvalue weighted by molar-refractivity contribution is 9.11. The van der Waals surface area contributed by atoms with Crippen LogP contribution in [0.3, 0.4) is 0 Å². The molecule has 0 unspecified atom stereocenters. The monoisotopic (exact) mass is 527 g/mol. The summed E-state index contributed by atoms with van der Waals surface area (Å²) in [7, 11) is 0. The molecule has 0 fully saturated rings. The maximum absolute atomic E-state index is 13.0. The van der Waals surface area contributed by atoms with Gasteiger partial charge in [-0.1, -0.05) is 15.9 Å². The Balaban J connectivity index is 1.39. The van der Waals surface area contributed by atoms with Crippen LogP contribution >= 0.6 is 31.9 Å². The minimum atomic E-state index is -0.0141. The fourth-order valence-corrected chi connectivity index (χ4v) is 4.94. The zero-order valence-corrected chi connectivity index (χ0v) is 18.9. The molecule has 0 saturated heterocycles. The maximum atomic E-state index is 13.0. The molecule has 30 heavy (non-hydrogen) atoms. The first-order valence-electron chi connectivity index (χ1n) is 9.30. The quantitative estimate of drug-likeness (QED) is 0.395. The zero-order chi connectivity index (χ0) is 20.7. The molecule has 0 amide bonds. The highest BCUT2D eigenvalue weighted by Crippen LogP contribution is 2.27. The number of hydrogen-bond acceptors (Lipinski definition) is 7. The van der Waals surface area contributed by atoms with Gasteiger partial charge in [0.1, 0.15) is 6.33 Å². The van der Waals surface area contributed by atoms with Crippen LogP contribution < -0.4 is 5.43 Å². The molecule has 5 rings (SSSR count). The van der Waals surface area contributed by atoms with Crippen LogP contribution in [0.15, 0.2) is 61.5 Å². The lowest BCUT2D eigenvalue weighted by molar-refractivity contribution is 0.240. The molecule has 3 aromatic heterocycles. The van der Waals surface area contributed by atoms with Gasteiger partial charge in [-0.15, -0.1) is 0 Å². The van der Waals surface area contributed by atoms with Gasteiger partial charge >= 0.3 is 0 Å². The highest BCUT2D eigenvalue weighted by Gasteiger charge is 2.21. The van der Waals surface area contributed by atoms with E-state index in [9.17, 15) is 4.79 Å². The second kappa shape index (κ2) is 7.98. The fourth-order valence-electron chi connectivity index (χ4n) is 3.62. The number of fused-ring (bicyclic) bond motifs is 2. The number of rotatable bonds is 3. The van der Waals surface area contributed by atoms with Crippen LogP contribution in [0.25, 0.3) is 22.4 Å². The number of benzene rings is 1. The molecule has 0 radical (unpaired) electrons. The molecule has 1 aromatic carbocycles. The van der Waals surface area contributed by atoms with Gasteiger partial charge < -0.3 is 4.42 Å². The first kappa shape index (κ1) is 19.5. The number of aromatic nitrogens is 4. The van der Waals surface area contributed by atoms with E-state index in [0.29, 0.717) is 35.4 Å². The topological polar surface area (TPSA) is 85.0 Å². The third kappa shape index (κ3) is 3.68. The van der Waals surface area contributed by atoms with Crippen LogP contribution in [0.1, 0.15) is 16.8 Å². The fraction of sp³-hybridized carbons (Fsp3) is 0.190. The van der Waals surface area contributed by atoms with Crippen LogP contribution in [0.2, 0.25) is 0 Å². The van der Waals surface area contributed by atoms with E-state index in [4.69, 9.17) is 9.40 Å². The molecule has 0 N–H and O–H groups in total. The van der Waals surface area contributed by atoms with Crippen LogP contribution in [0.5, 0.6) is 0 Å². The van der Waals surface area contributed by atoms with E-state index < -0.39 is 0 Å². The summed E-state index contributed by atoms with van der Waals surface area (Å²) in [5, 5.41) is 0.559. The van der Waals surface area contributed by atoms with Crippen molar-refractivity contribution in [1.82, 2.24) is 24.8 Å². The zero-order valence-electron chi connectivity index (χ0n) is 15.7. The van der Waals surface area contributed by atoms with Gasteiger partial charge in [-0.2, -0.15) is 0 Å². The predicted molar refractivity (Wildman–Crippen MR) is 119 cm³/mol. The Morgan fingerprint density at radius 1 is 1.13 bits per heavy atom. The molecule has 0 aliphatic carbocycles. The van der Waals surface area contributed by atoms with Gasteiger partial charge in [0.2, 0.25) is 0 Å². The van der Waals surface area contributed by atoms with Gasteiger partial charge in [0, 0.05) is 60.2 Å². The van der Waals surface area contributed by atoms with Gasteiger partial charge in [0.15, 0.2) is 16.8 Å². The van der Waals surface area contributed by atoms with Gasteiger partial charge in [0.05, 0.1) is 27.4 Å². The largest absolute Gasteiger partial charge is 0.463 e. The van der Waals surface area contributed by atoms with Crippen LogP contribution in [-0.4, -0.2) is 31.4 Å². The Kier molecular flexibility index (Phi) is 5.18. The van der Waals surface area contributed by atoms with E-state index in [1.54, 1.807) is 24.7 Å². The Hall–Kier alpha value is -2.49. The molecular weight excluding hydrogens is 514 g/mol. The van der Waals surface area contributed by atoms with E-state index in [-0.39, 0.29) is 5.43 Å². The van der Waals surface area contributed by atoms with Crippen molar-refractivity contribution >= 4 is 42.8 Å². The van der Waals surface area contributed by atoms with Gasteiger partial charge in [-0.25, -0.2) is 19.9 Å². The molecule has 9 heteroatoms. The molecule has 0 bridgehead atoms. The molecule has 150 valence electrons. The van der Waals surface area contributed by atoms with Crippen molar-refractivity contribution in [3.63, 3.8) is 0 Å². The normalized spacial score (nSPS) is 14.1. The van der Waals surface area contributed by atoms with Crippen molar-refractivity contribution in [2.75, 3.05) is 6.54 Å². The van der Waals surface area contributed by atoms with Crippen LogP contribution in [-0.2, 0) is 19.5 Å². The molecular formula is C21H15Br2N5O2. The highest BCUT2D eigenvalue weighted by atomic mass is 79.9. The lowest BCUT2D eigenvalue weighted by Gasteiger charge is -2.27. The van der Waals surface area contributed by atoms with Crippen LogP contribution in [0, 0.1) is 0 Å². The van der Waals surface area contributed by atoms with E-state index in [0.717, 1.165) is 38.7 Å². The summed E-state index contributed by atoms with van der Waals surface area (Å²) in [5.74, 6) is 0.633. The lowest BCUT2D eigenvalue weighted by Crippen LogP contribution is -2.32. The summed E-state index contributed by atoms with van der Waals surface area (Å²) in [5.41, 5.74) is 4.07. The Morgan fingerprint density at radius 3 is 2.80 bits per heavy atom. The van der Waals surface area contributed by atoms with Crippen molar-refractivity contribution in [2.24, 2.45) is 0 Å². The summed E-state index contributed by atoms with van der Waals surface area (Å²) >= 11 is 6.89. The molecule has 1 aliphatic rings. The first-order chi connectivity index (χ1) is 14.6. The van der Waals surface area contributed by atoms with E-state index in [2.05, 4.69) is 51.7 Å². The van der Waals surface area contributed by atoms with Gasteiger partial charge in [0.25, 0.3) is 0 Å². The summed E-state index contributed by atoms with van der Waals surface area (Å²) in [4.78, 5) is 32.4. The average Bonchev–Trinajstić information content (AvgIpc) is 2.76. The molecule has 4 heterocycles. The number of halogens is 2. The van der Waals surface area contributed by atoms with Crippen molar-refractivity contribution in [1.29, 1.82) is 0 Å². The number of hydrogen-bond donors (Lipinski definition) is 0. The third-order valence-electron chi connectivity index (χ3n) is 5.09. The third-order valence-corrected chi connectivity index (χ3v) is 6.14. The van der Waals surface area contributed by atoms with E-state index in [1.165, 1.54) is 6.33 Å². The molecule has 7 nitrogen and oxygen atoms in total. The Morgan fingerprint density at radius 2 is 1.97 bits per heavy atom. The van der Waals surface area contributed by atoms with Crippen molar-refractivity contribution in [3.05, 3.63) is 79.3 Å². The molecule has 0 saturated carbocycles. The van der Waals surface area contributed by atoms with Crippen molar-refractivity contribution < 1.29 is 4.42 Å². The second-order valence-corrected chi connectivity index (χ2v) is 8.88. The van der Waals surface area contributed by atoms with Crippen LogP contribution in [0.4, 0.5) is 0 Å². The maximum Gasteiger partial charge on any atom is 0.197 e. The predicted octanol–water partition coefficient (Wildman–Crippen LogP) is 4.12. The number of nitrogens with zero attached hydrogens (tertiary/aromatic N) is 5. The van der Waals surface area contributed by atoms with Crippen molar-refractivity contribution in [3.8, 4) is 11.4 Å². The summed E-state index contributed by atoms with van der Waals surface area (Å²) < 4.78 is 7.33. The molecule has 1 aliphatic heterocycles.